The van der Waals surface area contributed by atoms with Gasteiger partial charge >= 0.3 is 0 Å². The number of benzene rings is 2. The van der Waals surface area contributed by atoms with Crippen LogP contribution in [-0.2, 0) is 17.8 Å². The van der Waals surface area contributed by atoms with Crippen molar-refractivity contribution in [3.63, 3.8) is 0 Å². The van der Waals surface area contributed by atoms with Crippen LogP contribution in [0, 0.1) is 5.92 Å². The summed E-state index contributed by atoms with van der Waals surface area (Å²) in [7, 11) is 0. The fourth-order valence-corrected chi connectivity index (χ4v) is 2.92. The highest BCUT2D eigenvalue weighted by Crippen LogP contribution is 2.30. The Kier molecular flexibility index (Phi) is 8.23. The summed E-state index contributed by atoms with van der Waals surface area (Å²) in [5, 5.41) is 3.01. The largest absolute Gasteiger partial charge is 0.367 e. The summed E-state index contributed by atoms with van der Waals surface area (Å²) < 4.78 is 0. The van der Waals surface area contributed by atoms with Gasteiger partial charge in [0.2, 0.25) is 5.91 Å². The van der Waals surface area contributed by atoms with Gasteiger partial charge in [0.05, 0.1) is 0 Å². The van der Waals surface area contributed by atoms with Crippen molar-refractivity contribution in [2.45, 2.75) is 19.9 Å². The van der Waals surface area contributed by atoms with Gasteiger partial charge in [0.25, 0.3) is 0 Å². The minimum Gasteiger partial charge on any atom is -0.367 e. The molecule has 0 spiro atoms. The maximum absolute atomic E-state index is 12.1. The second-order valence-electron chi connectivity index (χ2n) is 6.08. The lowest BCUT2D eigenvalue weighted by Gasteiger charge is -2.22. The first-order chi connectivity index (χ1) is 11.2. The first-order valence-corrected chi connectivity index (χ1v) is 8.10. The normalized spacial score (nSPS) is 13.3. The number of nitrogens with two attached hydrogens (primary N) is 1. The molecular formula is C19H25Cl2N3O. The molecule has 0 saturated heterocycles. The summed E-state index contributed by atoms with van der Waals surface area (Å²) in [6.45, 7) is 4.01. The Morgan fingerprint density at radius 3 is 2.60 bits per heavy atom. The van der Waals surface area contributed by atoms with Gasteiger partial charge in [-0.15, -0.1) is 24.8 Å². The Bertz CT molecular complexity index is 709. The van der Waals surface area contributed by atoms with Gasteiger partial charge in [-0.1, -0.05) is 43.3 Å². The Labute approximate surface area is 161 Å². The minimum absolute atomic E-state index is 0. The molecule has 136 valence electrons. The molecule has 0 aromatic heterocycles. The quantitative estimate of drug-likeness (QED) is 0.831. The topological polar surface area (TPSA) is 58.4 Å². The van der Waals surface area contributed by atoms with E-state index in [1.54, 1.807) is 0 Å². The predicted octanol–water partition coefficient (Wildman–Crippen LogP) is 3.63. The van der Waals surface area contributed by atoms with E-state index in [9.17, 15) is 4.79 Å². The number of fused-ring (bicyclic) bond motifs is 1. The third kappa shape index (κ3) is 4.88. The minimum atomic E-state index is -0.185. The van der Waals surface area contributed by atoms with Crippen molar-refractivity contribution >= 4 is 42.1 Å². The van der Waals surface area contributed by atoms with Crippen LogP contribution in [-0.4, -0.2) is 19.0 Å². The van der Waals surface area contributed by atoms with Crippen LogP contribution in [0.25, 0.3) is 0 Å². The molecule has 0 fully saturated rings. The van der Waals surface area contributed by atoms with Gasteiger partial charge in [0.15, 0.2) is 0 Å². The smallest absolute Gasteiger partial charge is 0.228 e. The van der Waals surface area contributed by atoms with Crippen LogP contribution in [0.5, 0.6) is 0 Å². The number of halogens is 2. The van der Waals surface area contributed by atoms with Crippen LogP contribution in [0.3, 0.4) is 0 Å². The van der Waals surface area contributed by atoms with Crippen molar-refractivity contribution < 1.29 is 4.79 Å². The van der Waals surface area contributed by atoms with Crippen LogP contribution >= 0.6 is 24.8 Å². The van der Waals surface area contributed by atoms with Gasteiger partial charge in [-0.2, -0.15) is 0 Å². The van der Waals surface area contributed by atoms with Gasteiger partial charge in [-0.25, -0.2) is 0 Å². The number of carbonyl (C=O) groups is 1. The molecule has 0 bridgehead atoms. The first-order valence-electron chi connectivity index (χ1n) is 8.10. The van der Waals surface area contributed by atoms with E-state index >= 15 is 0 Å². The SMILES string of the molecule is CC(CN)C(=O)Nc1ccccc1CN1CCc2ccccc21.Cl.Cl. The van der Waals surface area contributed by atoms with E-state index < -0.39 is 0 Å². The molecule has 0 aliphatic carbocycles. The Hall–Kier alpha value is -1.75. The molecule has 0 saturated carbocycles. The lowest BCUT2D eigenvalue weighted by atomic mass is 10.1. The fraction of sp³-hybridized carbons (Fsp3) is 0.316. The van der Waals surface area contributed by atoms with Crippen molar-refractivity contribution in [3.8, 4) is 0 Å². The molecular weight excluding hydrogens is 357 g/mol. The molecule has 1 atom stereocenters. The van der Waals surface area contributed by atoms with E-state index in [4.69, 9.17) is 5.73 Å². The van der Waals surface area contributed by atoms with E-state index in [1.165, 1.54) is 11.3 Å². The van der Waals surface area contributed by atoms with Crippen molar-refractivity contribution in [3.05, 3.63) is 59.7 Å². The standard InChI is InChI=1S/C19H23N3O.2ClH/c1-14(12-20)19(23)21-17-8-4-2-7-16(17)13-22-11-10-15-6-3-5-9-18(15)22;;/h2-9,14H,10-13,20H2,1H3,(H,21,23);2*1H. The van der Waals surface area contributed by atoms with Gasteiger partial charge < -0.3 is 16.0 Å². The lowest BCUT2D eigenvalue weighted by molar-refractivity contribution is -0.119. The van der Waals surface area contributed by atoms with E-state index in [2.05, 4.69) is 40.5 Å². The molecule has 1 amide bonds. The van der Waals surface area contributed by atoms with E-state index in [1.807, 2.05) is 25.1 Å². The third-order valence-electron chi connectivity index (χ3n) is 4.42. The number of hydrogen-bond acceptors (Lipinski definition) is 3. The zero-order valence-corrected chi connectivity index (χ0v) is 15.9. The van der Waals surface area contributed by atoms with E-state index in [0.29, 0.717) is 6.54 Å². The Balaban J connectivity index is 0.00000156. The lowest BCUT2D eigenvalue weighted by Crippen LogP contribution is -2.28. The zero-order chi connectivity index (χ0) is 16.2. The zero-order valence-electron chi connectivity index (χ0n) is 14.3. The second kappa shape index (κ2) is 9.66. The summed E-state index contributed by atoms with van der Waals surface area (Å²) in [6, 6.07) is 16.5. The summed E-state index contributed by atoms with van der Waals surface area (Å²) >= 11 is 0. The fourth-order valence-electron chi connectivity index (χ4n) is 2.92. The van der Waals surface area contributed by atoms with Gasteiger partial charge in [0, 0.05) is 36.9 Å². The summed E-state index contributed by atoms with van der Waals surface area (Å²) in [5.41, 5.74) is 10.3. The number of carbonyl (C=O) groups excluding carboxylic acids is 1. The molecule has 3 N–H and O–H groups in total. The highest BCUT2D eigenvalue weighted by atomic mass is 35.5. The molecule has 1 heterocycles. The number of para-hydroxylation sites is 2. The summed E-state index contributed by atoms with van der Waals surface area (Å²) in [6.07, 6.45) is 1.08. The van der Waals surface area contributed by atoms with Crippen molar-refractivity contribution in [2.75, 3.05) is 23.3 Å². The highest BCUT2D eigenvalue weighted by Gasteiger charge is 2.20. The van der Waals surface area contributed by atoms with Crippen LogP contribution in [0.1, 0.15) is 18.1 Å². The molecule has 25 heavy (non-hydrogen) atoms. The van der Waals surface area contributed by atoms with E-state index in [-0.39, 0.29) is 36.6 Å². The van der Waals surface area contributed by atoms with Crippen molar-refractivity contribution in [1.82, 2.24) is 0 Å². The van der Waals surface area contributed by atoms with E-state index in [0.717, 1.165) is 30.8 Å². The second-order valence-corrected chi connectivity index (χ2v) is 6.08. The van der Waals surface area contributed by atoms with Crippen LogP contribution in [0.15, 0.2) is 48.5 Å². The average Bonchev–Trinajstić information content (AvgIpc) is 2.99. The average molecular weight is 382 g/mol. The highest BCUT2D eigenvalue weighted by molar-refractivity contribution is 5.93. The first kappa shape index (κ1) is 21.3. The van der Waals surface area contributed by atoms with Gasteiger partial charge in [-0.3, -0.25) is 4.79 Å². The van der Waals surface area contributed by atoms with Crippen molar-refractivity contribution in [2.24, 2.45) is 11.7 Å². The molecule has 1 unspecified atom stereocenters. The number of nitrogens with zero attached hydrogens (tertiary/aromatic N) is 1. The van der Waals surface area contributed by atoms with Crippen LogP contribution in [0.2, 0.25) is 0 Å². The summed E-state index contributed by atoms with van der Waals surface area (Å²) in [5.74, 6) is -0.211. The Morgan fingerprint density at radius 1 is 1.16 bits per heavy atom. The number of rotatable bonds is 5. The molecule has 1 aliphatic rings. The van der Waals surface area contributed by atoms with Crippen LogP contribution in [0.4, 0.5) is 11.4 Å². The van der Waals surface area contributed by atoms with Crippen molar-refractivity contribution in [1.29, 1.82) is 0 Å². The molecule has 6 heteroatoms. The number of amides is 1. The number of hydrogen-bond donors (Lipinski definition) is 2. The maximum atomic E-state index is 12.1. The Morgan fingerprint density at radius 2 is 1.84 bits per heavy atom. The maximum Gasteiger partial charge on any atom is 0.228 e. The molecule has 4 nitrogen and oxygen atoms in total. The monoisotopic (exact) mass is 381 g/mol. The third-order valence-corrected chi connectivity index (χ3v) is 4.42. The molecule has 2 aromatic rings. The molecule has 1 aliphatic heterocycles. The van der Waals surface area contributed by atoms with Gasteiger partial charge in [0.1, 0.15) is 0 Å². The summed E-state index contributed by atoms with van der Waals surface area (Å²) in [4.78, 5) is 14.5. The molecule has 3 rings (SSSR count). The molecule has 0 radical (unpaired) electrons. The van der Waals surface area contributed by atoms with Gasteiger partial charge in [-0.05, 0) is 29.7 Å². The molecule has 2 aromatic carbocycles. The number of anilines is 2. The van der Waals surface area contributed by atoms with Crippen LogP contribution < -0.4 is 16.0 Å². The predicted molar refractivity (Wildman–Crippen MR) is 109 cm³/mol. The number of nitrogens with one attached hydrogen (secondary N) is 1.